The van der Waals surface area contributed by atoms with Crippen LogP contribution in [0.15, 0.2) is 60.9 Å². The Bertz CT molecular complexity index is 799. The molecule has 23 heavy (non-hydrogen) atoms. The number of pyridine rings is 1. The zero-order valence-corrected chi connectivity index (χ0v) is 13.4. The Morgan fingerprint density at radius 3 is 2.74 bits per heavy atom. The van der Waals surface area contributed by atoms with E-state index in [1.54, 1.807) is 24.5 Å². The number of ether oxygens (including phenoxy) is 2. The highest BCUT2D eigenvalue weighted by atomic mass is 32.1. The number of hydrogen-bond donors (Lipinski definition) is 0. The van der Waals surface area contributed by atoms with Crippen molar-refractivity contribution < 1.29 is 14.3 Å². The molecule has 0 aliphatic rings. The molecule has 0 bridgehead atoms. The molecule has 0 aliphatic carbocycles. The summed E-state index contributed by atoms with van der Waals surface area (Å²) in [6.45, 7) is 2.12. The van der Waals surface area contributed by atoms with Crippen molar-refractivity contribution in [2.75, 3.05) is 0 Å². The van der Waals surface area contributed by atoms with E-state index in [9.17, 15) is 4.79 Å². The number of benzene rings is 1. The summed E-state index contributed by atoms with van der Waals surface area (Å²) < 4.78 is 11.2. The van der Waals surface area contributed by atoms with E-state index in [2.05, 4.69) is 4.98 Å². The van der Waals surface area contributed by atoms with Crippen LogP contribution in [0.4, 0.5) is 0 Å². The molecule has 5 heteroatoms. The number of hydrogen-bond acceptors (Lipinski definition) is 5. The summed E-state index contributed by atoms with van der Waals surface area (Å²) in [5, 5.41) is 0. The number of thiophene rings is 1. The molecule has 0 atom stereocenters. The molecule has 0 aliphatic heterocycles. The number of rotatable bonds is 5. The quantitative estimate of drug-likeness (QED) is 0.643. The van der Waals surface area contributed by atoms with Crippen LogP contribution in [-0.4, -0.2) is 11.0 Å². The standard InChI is InChI=1S/C18H15NO3S/c1-13-8-9-17(23-13)18(20)21-12-14-5-2-3-7-16(14)22-15-6-4-10-19-11-15/h2-11H,12H2,1H3. The summed E-state index contributed by atoms with van der Waals surface area (Å²) in [4.78, 5) is 17.7. The predicted octanol–water partition coefficient (Wildman–Crippen LogP) is 4.60. The van der Waals surface area contributed by atoms with Crippen LogP contribution in [0.2, 0.25) is 0 Å². The number of esters is 1. The molecule has 0 spiro atoms. The van der Waals surface area contributed by atoms with E-state index in [0.29, 0.717) is 16.4 Å². The Morgan fingerprint density at radius 2 is 2.00 bits per heavy atom. The van der Waals surface area contributed by atoms with Crippen LogP contribution in [-0.2, 0) is 11.3 Å². The maximum Gasteiger partial charge on any atom is 0.348 e. The summed E-state index contributed by atoms with van der Waals surface area (Å²) in [6, 6.07) is 14.8. The Morgan fingerprint density at radius 1 is 1.13 bits per heavy atom. The molecule has 2 heterocycles. The summed E-state index contributed by atoms with van der Waals surface area (Å²) >= 11 is 1.42. The molecule has 3 aromatic rings. The predicted molar refractivity (Wildman–Crippen MR) is 88.9 cm³/mol. The number of carbonyl (C=O) groups is 1. The zero-order valence-electron chi connectivity index (χ0n) is 12.6. The van der Waals surface area contributed by atoms with Crippen LogP contribution >= 0.6 is 11.3 Å². The first kappa shape index (κ1) is 15.2. The first-order chi connectivity index (χ1) is 11.2. The molecule has 0 radical (unpaired) electrons. The molecule has 0 N–H and O–H groups in total. The van der Waals surface area contributed by atoms with Gasteiger partial charge in [0.15, 0.2) is 0 Å². The maximum atomic E-state index is 12.0. The third kappa shape index (κ3) is 3.96. The summed E-state index contributed by atoms with van der Waals surface area (Å²) in [5.74, 6) is 0.968. The molecule has 0 saturated carbocycles. The van der Waals surface area contributed by atoms with E-state index in [1.807, 2.05) is 43.3 Å². The van der Waals surface area contributed by atoms with Gasteiger partial charge in [-0.05, 0) is 37.3 Å². The average molecular weight is 325 g/mol. The zero-order chi connectivity index (χ0) is 16.1. The summed E-state index contributed by atoms with van der Waals surface area (Å²) in [5.41, 5.74) is 0.804. The SMILES string of the molecule is Cc1ccc(C(=O)OCc2ccccc2Oc2cccnc2)s1. The molecule has 0 amide bonds. The smallest absolute Gasteiger partial charge is 0.348 e. The van der Waals surface area contributed by atoms with E-state index in [1.165, 1.54) is 11.3 Å². The normalized spacial score (nSPS) is 10.3. The molecule has 3 rings (SSSR count). The minimum Gasteiger partial charge on any atom is -0.456 e. The second-order valence-electron chi connectivity index (χ2n) is 4.88. The van der Waals surface area contributed by atoms with Gasteiger partial charge in [-0.1, -0.05) is 18.2 Å². The second kappa shape index (κ2) is 7.07. The largest absolute Gasteiger partial charge is 0.456 e. The van der Waals surface area contributed by atoms with Gasteiger partial charge in [-0.25, -0.2) is 4.79 Å². The van der Waals surface area contributed by atoms with Gasteiger partial charge in [0.2, 0.25) is 0 Å². The van der Waals surface area contributed by atoms with Crippen LogP contribution in [0, 0.1) is 6.92 Å². The van der Waals surface area contributed by atoms with E-state index in [4.69, 9.17) is 9.47 Å². The van der Waals surface area contributed by atoms with Crippen molar-refractivity contribution in [3.8, 4) is 11.5 Å². The fourth-order valence-corrected chi connectivity index (χ4v) is 2.78. The van der Waals surface area contributed by atoms with Crippen LogP contribution in [0.25, 0.3) is 0 Å². The van der Waals surface area contributed by atoms with Crippen molar-refractivity contribution in [2.45, 2.75) is 13.5 Å². The van der Waals surface area contributed by atoms with Gasteiger partial charge in [0.1, 0.15) is 23.0 Å². The van der Waals surface area contributed by atoms with Gasteiger partial charge >= 0.3 is 5.97 Å². The van der Waals surface area contributed by atoms with Gasteiger partial charge in [-0.3, -0.25) is 4.98 Å². The lowest BCUT2D eigenvalue weighted by Gasteiger charge is -2.11. The van der Waals surface area contributed by atoms with Crippen molar-refractivity contribution >= 4 is 17.3 Å². The lowest BCUT2D eigenvalue weighted by atomic mass is 10.2. The highest BCUT2D eigenvalue weighted by molar-refractivity contribution is 7.13. The topological polar surface area (TPSA) is 48.4 Å². The van der Waals surface area contributed by atoms with Crippen molar-refractivity contribution in [1.29, 1.82) is 0 Å². The van der Waals surface area contributed by atoms with Crippen LogP contribution in [0.5, 0.6) is 11.5 Å². The fraction of sp³-hybridized carbons (Fsp3) is 0.111. The van der Waals surface area contributed by atoms with Gasteiger partial charge < -0.3 is 9.47 Å². The highest BCUT2D eigenvalue weighted by Gasteiger charge is 2.12. The molecular weight excluding hydrogens is 310 g/mol. The fourth-order valence-electron chi connectivity index (χ4n) is 2.02. The van der Waals surface area contributed by atoms with Crippen molar-refractivity contribution in [2.24, 2.45) is 0 Å². The van der Waals surface area contributed by atoms with Gasteiger partial charge in [-0.15, -0.1) is 11.3 Å². The monoisotopic (exact) mass is 325 g/mol. The Kier molecular flexibility index (Phi) is 4.68. The summed E-state index contributed by atoms with van der Waals surface area (Å²) in [7, 11) is 0. The van der Waals surface area contributed by atoms with Crippen molar-refractivity contribution in [1.82, 2.24) is 4.98 Å². The minimum atomic E-state index is -0.320. The molecule has 0 saturated heterocycles. The molecule has 0 unspecified atom stereocenters. The lowest BCUT2D eigenvalue weighted by molar-refractivity contribution is 0.0476. The van der Waals surface area contributed by atoms with Crippen LogP contribution < -0.4 is 4.74 Å². The van der Waals surface area contributed by atoms with E-state index >= 15 is 0 Å². The number of nitrogens with zero attached hydrogens (tertiary/aromatic N) is 1. The minimum absolute atomic E-state index is 0.159. The van der Waals surface area contributed by atoms with Crippen LogP contribution in [0.3, 0.4) is 0 Å². The van der Waals surface area contributed by atoms with Crippen LogP contribution in [0.1, 0.15) is 20.1 Å². The molecule has 0 fully saturated rings. The van der Waals surface area contributed by atoms with E-state index in [0.717, 1.165) is 10.4 Å². The van der Waals surface area contributed by atoms with Crippen molar-refractivity contribution in [3.63, 3.8) is 0 Å². The molecular formula is C18H15NO3S. The lowest BCUT2D eigenvalue weighted by Crippen LogP contribution is -2.04. The van der Waals surface area contributed by atoms with E-state index < -0.39 is 0 Å². The first-order valence-electron chi connectivity index (χ1n) is 7.12. The molecule has 116 valence electrons. The number of aryl methyl sites for hydroxylation is 1. The highest BCUT2D eigenvalue weighted by Crippen LogP contribution is 2.25. The molecule has 1 aromatic carbocycles. The molecule has 4 nitrogen and oxygen atoms in total. The first-order valence-corrected chi connectivity index (χ1v) is 7.93. The second-order valence-corrected chi connectivity index (χ2v) is 6.17. The Labute approximate surface area is 138 Å². The summed E-state index contributed by atoms with van der Waals surface area (Å²) in [6.07, 6.45) is 3.32. The third-order valence-electron chi connectivity index (χ3n) is 3.14. The van der Waals surface area contributed by atoms with Gasteiger partial charge in [0, 0.05) is 16.6 Å². The number of aromatic nitrogens is 1. The van der Waals surface area contributed by atoms with Gasteiger partial charge in [0.25, 0.3) is 0 Å². The molecule has 2 aromatic heterocycles. The Balaban J connectivity index is 1.69. The third-order valence-corrected chi connectivity index (χ3v) is 4.12. The van der Waals surface area contributed by atoms with E-state index in [-0.39, 0.29) is 12.6 Å². The number of carbonyl (C=O) groups excluding carboxylic acids is 1. The average Bonchev–Trinajstić information content (AvgIpc) is 3.01. The number of para-hydroxylation sites is 1. The van der Waals surface area contributed by atoms with Gasteiger partial charge in [0.05, 0.1) is 6.20 Å². The maximum absolute atomic E-state index is 12.0. The Hall–Kier alpha value is -2.66. The van der Waals surface area contributed by atoms with Gasteiger partial charge in [-0.2, -0.15) is 0 Å². The van der Waals surface area contributed by atoms with Crippen molar-refractivity contribution in [3.05, 3.63) is 76.2 Å².